The number of phenols is 1. The third-order valence-corrected chi connectivity index (χ3v) is 2.83. The lowest BCUT2D eigenvalue weighted by Crippen LogP contribution is -1.89. The van der Waals surface area contributed by atoms with Crippen LogP contribution in [0.4, 0.5) is 0 Å². The van der Waals surface area contributed by atoms with E-state index in [1.54, 1.807) is 6.07 Å². The van der Waals surface area contributed by atoms with Crippen LogP contribution < -0.4 is 0 Å². The third-order valence-electron chi connectivity index (χ3n) is 2.15. The van der Waals surface area contributed by atoms with Crippen LogP contribution in [0.25, 0.3) is 5.57 Å². The summed E-state index contributed by atoms with van der Waals surface area (Å²) in [7, 11) is 0. The van der Waals surface area contributed by atoms with Crippen LogP contribution in [0.2, 0.25) is 0 Å². The summed E-state index contributed by atoms with van der Waals surface area (Å²) in [6.07, 6.45) is 0. The van der Waals surface area contributed by atoms with Gasteiger partial charge in [-0.2, -0.15) is 0 Å². The van der Waals surface area contributed by atoms with Gasteiger partial charge in [0.25, 0.3) is 0 Å². The molecule has 0 spiro atoms. The van der Waals surface area contributed by atoms with Crippen LogP contribution in [-0.4, -0.2) is 10.4 Å². The first-order chi connectivity index (χ1) is 6.06. The fraction of sp³-hybridized carbons (Fsp3) is 0.273. The highest BCUT2D eigenvalue weighted by Gasteiger charge is 2.06. The van der Waals surface area contributed by atoms with E-state index in [0.717, 1.165) is 16.7 Å². The number of rotatable bonds is 2. The number of aryl methyl sites for hydroxylation is 2. The van der Waals surface area contributed by atoms with Gasteiger partial charge in [0.05, 0.1) is 0 Å². The van der Waals surface area contributed by atoms with Gasteiger partial charge in [0.2, 0.25) is 0 Å². The zero-order chi connectivity index (χ0) is 10.0. The zero-order valence-corrected chi connectivity index (χ0v) is 9.48. The summed E-state index contributed by atoms with van der Waals surface area (Å²) in [5.41, 5.74) is 4.01. The average Bonchev–Trinajstić information content (AvgIpc) is 2.10. The molecule has 0 aliphatic carbocycles. The Morgan fingerprint density at radius 2 is 1.92 bits per heavy atom. The Kier molecular flexibility index (Phi) is 3.15. The third kappa shape index (κ3) is 2.13. The number of hydrogen-bond donors (Lipinski definition) is 1. The Labute approximate surface area is 87.2 Å². The fourth-order valence-electron chi connectivity index (χ4n) is 1.16. The number of halogens is 1. The van der Waals surface area contributed by atoms with Gasteiger partial charge >= 0.3 is 0 Å². The smallest absolute Gasteiger partial charge is 0.123 e. The lowest BCUT2D eigenvalue weighted by molar-refractivity contribution is 0.473. The SMILES string of the molecule is C=C(CBr)c1cc(C)c(C)cc1O. The quantitative estimate of drug-likeness (QED) is 0.786. The Balaban J connectivity index is 3.23. The van der Waals surface area contributed by atoms with Crippen LogP contribution in [0.1, 0.15) is 16.7 Å². The summed E-state index contributed by atoms with van der Waals surface area (Å²) in [5, 5.41) is 10.3. The van der Waals surface area contributed by atoms with Crippen LogP contribution >= 0.6 is 15.9 Å². The molecule has 0 heterocycles. The molecule has 0 aromatic heterocycles. The van der Waals surface area contributed by atoms with Gasteiger partial charge in [0, 0.05) is 10.9 Å². The maximum absolute atomic E-state index is 9.64. The van der Waals surface area contributed by atoms with Gasteiger partial charge in [-0.1, -0.05) is 22.5 Å². The highest BCUT2D eigenvalue weighted by molar-refractivity contribution is 9.09. The second kappa shape index (κ2) is 3.97. The van der Waals surface area contributed by atoms with Crippen molar-refractivity contribution in [2.24, 2.45) is 0 Å². The van der Waals surface area contributed by atoms with Crippen LogP contribution in [0, 0.1) is 13.8 Å². The second-order valence-electron chi connectivity index (χ2n) is 3.19. The lowest BCUT2D eigenvalue weighted by atomic mass is 10.0. The van der Waals surface area contributed by atoms with Crippen LogP contribution in [0.5, 0.6) is 5.75 Å². The molecule has 0 radical (unpaired) electrons. The largest absolute Gasteiger partial charge is 0.507 e. The van der Waals surface area contributed by atoms with Crippen molar-refractivity contribution < 1.29 is 5.11 Å². The molecule has 0 aliphatic rings. The fourth-order valence-corrected chi connectivity index (χ4v) is 1.46. The van der Waals surface area contributed by atoms with Crippen molar-refractivity contribution in [3.05, 3.63) is 35.4 Å². The lowest BCUT2D eigenvalue weighted by Gasteiger charge is -2.08. The molecule has 1 N–H and O–H groups in total. The van der Waals surface area contributed by atoms with Gasteiger partial charge in [-0.3, -0.25) is 0 Å². The molecule has 0 amide bonds. The van der Waals surface area contributed by atoms with Gasteiger partial charge in [-0.05, 0) is 42.7 Å². The number of allylic oxidation sites excluding steroid dienone is 1. The van der Waals surface area contributed by atoms with E-state index in [1.807, 2.05) is 19.9 Å². The topological polar surface area (TPSA) is 20.2 Å². The molecule has 2 heteroatoms. The van der Waals surface area contributed by atoms with E-state index in [2.05, 4.69) is 22.5 Å². The molecule has 0 aliphatic heterocycles. The van der Waals surface area contributed by atoms with Crippen LogP contribution in [0.15, 0.2) is 18.7 Å². The standard InChI is InChI=1S/C11H13BrO/c1-7-4-10(9(3)6-12)11(13)5-8(7)2/h4-5,13H,3,6H2,1-2H3. The van der Waals surface area contributed by atoms with E-state index >= 15 is 0 Å². The van der Waals surface area contributed by atoms with Gasteiger partial charge in [-0.25, -0.2) is 0 Å². The molecule has 0 bridgehead atoms. The number of aromatic hydroxyl groups is 1. The van der Waals surface area contributed by atoms with Crippen LogP contribution in [0.3, 0.4) is 0 Å². The summed E-state index contributed by atoms with van der Waals surface area (Å²) >= 11 is 3.32. The molecule has 1 aromatic rings. The van der Waals surface area contributed by atoms with Gasteiger partial charge in [-0.15, -0.1) is 0 Å². The minimum Gasteiger partial charge on any atom is -0.507 e. The van der Waals surface area contributed by atoms with Crippen molar-refractivity contribution >= 4 is 21.5 Å². The highest BCUT2D eigenvalue weighted by atomic mass is 79.9. The first-order valence-corrected chi connectivity index (χ1v) is 5.22. The monoisotopic (exact) mass is 240 g/mol. The van der Waals surface area contributed by atoms with E-state index < -0.39 is 0 Å². The van der Waals surface area contributed by atoms with E-state index in [1.165, 1.54) is 5.56 Å². The van der Waals surface area contributed by atoms with Crippen molar-refractivity contribution in [2.75, 3.05) is 5.33 Å². The predicted molar refractivity (Wildman–Crippen MR) is 60.4 cm³/mol. The summed E-state index contributed by atoms with van der Waals surface area (Å²) in [6.45, 7) is 7.88. The number of hydrogen-bond acceptors (Lipinski definition) is 1. The Morgan fingerprint density at radius 1 is 1.38 bits per heavy atom. The molecule has 1 aromatic carbocycles. The molecular formula is C11H13BrO. The van der Waals surface area contributed by atoms with Crippen molar-refractivity contribution in [1.82, 2.24) is 0 Å². The average molecular weight is 241 g/mol. The minimum atomic E-state index is 0.313. The molecule has 1 nitrogen and oxygen atoms in total. The van der Waals surface area contributed by atoms with E-state index in [-0.39, 0.29) is 0 Å². The maximum Gasteiger partial charge on any atom is 0.123 e. The Hall–Kier alpha value is -0.760. The maximum atomic E-state index is 9.64. The highest BCUT2D eigenvalue weighted by Crippen LogP contribution is 2.28. The summed E-state index contributed by atoms with van der Waals surface area (Å²) in [5.74, 6) is 0.313. The predicted octanol–water partition coefficient (Wildman–Crippen LogP) is 3.42. The Morgan fingerprint density at radius 3 is 2.46 bits per heavy atom. The van der Waals surface area contributed by atoms with E-state index in [0.29, 0.717) is 11.1 Å². The zero-order valence-electron chi connectivity index (χ0n) is 7.89. The Bertz CT molecular complexity index is 342. The molecular weight excluding hydrogens is 228 g/mol. The molecule has 1 rings (SSSR count). The van der Waals surface area contributed by atoms with Crippen molar-refractivity contribution in [2.45, 2.75) is 13.8 Å². The van der Waals surface area contributed by atoms with Gasteiger partial charge < -0.3 is 5.11 Å². The molecule has 13 heavy (non-hydrogen) atoms. The molecule has 0 saturated carbocycles. The molecule has 0 saturated heterocycles. The molecule has 0 atom stereocenters. The van der Waals surface area contributed by atoms with Gasteiger partial charge in [0.1, 0.15) is 5.75 Å². The first kappa shape index (κ1) is 10.3. The summed E-state index contributed by atoms with van der Waals surface area (Å²) in [6, 6.07) is 3.74. The second-order valence-corrected chi connectivity index (χ2v) is 3.75. The number of benzene rings is 1. The minimum absolute atomic E-state index is 0.313. The van der Waals surface area contributed by atoms with Crippen LogP contribution in [-0.2, 0) is 0 Å². The summed E-state index contributed by atoms with van der Waals surface area (Å²) < 4.78 is 0. The molecule has 70 valence electrons. The number of alkyl halides is 1. The van der Waals surface area contributed by atoms with Crippen molar-refractivity contribution in [1.29, 1.82) is 0 Å². The van der Waals surface area contributed by atoms with E-state index in [9.17, 15) is 5.11 Å². The van der Waals surface area contributed by atoms with Gasteiger partial charge in [0.15, 0.2) is 0 Å². The van der Waals surface area contributed by atoms with Crippen molar-refractivity contribution in [3.63, 3.8) is 0 Å². The normalized spacial score (nSPS) is 10.1. The van der Waals surface area contributed by atoms with Crippen molar-refractivity contribution in [3.8, 4) is 5.75 Å². The molecule has 0 unspecified atom stereocenters. The summed E-state index contributed by atoms with van der Waals surface area (Å²) in [4.78, 5) is 0. The first-order valence-electron chi connectivity index (χ1n) is 4.10. The number of phenolic OH excluding ortho intramolecular Hbond substituents is 1. The molecule has 0 fully saturated rings. The van der Waals surface area contributed by atoms with E-state index in [4.69, 9.17) is 0 Å².